The van der Waals surface area contributed by atoms with Gasteiger partial charge in [0.15, 0.2) is 5.13 Å². The van der Waals surface area contributed by atoms with E-state index in [9.17, 15) is 8.42 Å². The quantitative estimate of drug-likeness (QED) is 0.563. The first-order chi connectivity index (χ1) is 12.1. The van der Waals surface area contributed by atoms with E-state index in [1.807, 2.05) is 47.8 Å². The van der Waals surface area contributed by atoms with Crippen LogP contribution in [0.1, 0.15) is 0 Å². The number of nitrogens with one attached hydrogen (secondary N) is 1. The van der Waals surface area contributed by atoms with E-state index in [1.165, 1.54) is 28.9 Å². The van der Waals surface area contributed by atoms with Crippen LogP contribution in [0.5, 0.6) is 0 Å². The molecule has 3 heterocycles. The lowest BCUT2D eigenvalue weighted by Crippen LogP contribution is -2.13. The molecule has 9 heteroatoms. The molecule has 0 bridgehead atoms. The molecule has 0 unspecified atom stereocenters. The van der Waals surface area contributed by atoms with Gasteiger partial charge in [-0.2, -0.15) is 5.10 Å². The van der Waals surface area contributed by atoms with Crippen molar-refractivity contribution in [3.8, 4) is 16.3 Å². The fourth-order valence-corrected chi connectivity index (χ4v) is 5.01. The SMILES string of the molecule is O=S(=O)(Nc1nccs1)c1cn(-c2ccccc2)nc1-c1cccs1. The van der Waals surface area contributed by atoms with E-state index < -0.39 is 10.0 Å². The fraction of sp³-hybridized carbons (Fsp3) is 0. The van der Waals surface area contributed by atoms with Gasteiger partial charge in [-0.3, -0.25) is 4.72 Å². The Morgan fingerprint density at radius 3 is 2.52 bits per heavy atom. The summed E-state index contributed by atoms with van der Waals surface area (Å²) in [6.07, 6.45) is 3.08. The highest BCUT2D eigenvalue weighted by Crippen LogP contribution is 2.31. The number of nitrogens with zero attached hydrogens (tertiary/aromatic N) is 3. The van der Waals surface area contributed by atoms with Gasteiger partial charge in [0.1, 0.15) is 10.6 Å². The third kappa shape index (κ3) is 3.21. The van der Waals surface area contributed by atoms with Gasteiger partial charge in [0, 0.05) is 11.6 Å². The average Bonchev–Trinajstić information content (AvgIpc) is 3.36. The molecule has 1 N–H and O–H groups in total. The molecule has 4 rings (SSSR count). The number of anilines is 1. The summed E-state index contributed by atoms with van der Waals surface area (Å²) in [6.45, 7) is 0. The molecule has 4 aromatic rings. The van der Waals surface area contributed by atoms with Crippen molar-refractivity contribution in [3.63, 3.8) is 0 Å². The minimum absolute atomic E-state index is 0.119. The molecule has 0 aliphatic heterocycles. The molecule has 0 aliphatic carbocycles. The highest BCUT2D eigenvalue weighted by Gasteiger charge is 2.25. The molecule has 6 nitrogen and oxygen atoms in total. The second-order valence-electron chi connectivity index (χ2n) is 5.04. The van der Waals surface area contributed by atoms with Gasteiger partial charge in [-0.15, -0.1) is 22.7 Å². The van der Waals surface area contributed by atoms with E-state index in [2.05, 4.69) is 14.8 Å². The van der Waals surface area contributed by atoms with Crippen molar-refractivity contribution in [1.29, 1.82) is 0 Å². The number of hydrogen-bond donors (Lipinski definition) is 1. The zero-order valence-electron chi connectivity index (χ0n) is 12.7. The summed E-state index contributed by atoms with van der Waals surface area (Å²) < 4.78 is 29.8. The lowest BCUT2D eigenvalue weighted by molar-refractivity contribution is 0.601. The minimum atomic E-state index is -3.81. The Morgan fingerprint density at radius 1 is 1.00 bits per heavy atom. The van der Waals surface area contributed by atoms with Crippen LogP contribution >= 0.6 is 22.7 Å². The monoisotopic (exact) mass is 388 g/mol. The summed E-state index contributed by atoms with van der Waals surface area (Å²) in [5.41, 5.74) is 1.21. The number of rotatable bonds is 5. The summed E-state index contributed by atoms with van der Waals surface area (Å²) in [5.74, 6) is 0. The highest BCUT2D eigenvalue weighted by molar-refractivity contribution is 7.93. The lowest BCUT2D eigenvalue weighted by Gasteiger charge is -2.04. The molecule has 0 aliphatic rings. The standard InChI is InChI=1S/C16H12N4O2S3/c21-25(22,19-16-17-8-10-24-16)14-11-20(12-5-2-1-3-6-12)18-15(14)13-7-4-9-23-13/h1-11H,(H,17,19). The molecule has 0 saturated heterocycles. The average molecular weight is 388 g/mol. The second-order valence-corrected chi connectivity index (χ2v) is 8.54. The van der Waals surface area contributed by atoms with Crippen molar-refractivity contribution < 1.29 is 8.42 Å². The van der Waals surface area contributed by atoms with E-state index in [-0.39, 0.29) is 4.90 Å². The number of thiophene rings is 1. The van der Waals surface area contributed by atoms with E-state index in [4.69, 9.17) is 0 Å². The zero-order valence-corrected chi connectivity index (χ0v) is 15.2. The first-order valence-corrected chi connectivity index (χ1v) is 10.5. The lowest BCUT2D eigenvalue weighted by atomic mass is 10.3. The number of para-hydroxylation sites is 1. The van der Waals surface area contributed by atoms with Crippen LogP contribution < -0.4 is 4.72 Å². The van der Waals surface area contributed by atoms with Crippen LogP contribution in [0.4, 0.5) is 5.13 Å². The molecule has 126 valence electrons. The first-order valence-electron chi connectivity index (χ1n) is 7.25. The van der Waals surface area contributed by atoms with Crippen molar-refractivity contribution in [3.05, 3.63) is 65.6 Å². The van der Waals surface area contributed by atoms with Gasteiger partial charge in [-0.05, 0) is 23.6 Å². The summed E-state index contributed by atoms with van der Waals surface area (Å²) in [5, 5.41) is 8.44. The van der Waals surface area contributed by atoms with Crippen LogP contribution in [0.2, 0.25) is 0 Å². The summed E-state index contributed by atoms with van der Waals surface area (Å²) in [4.78, 5) is 4.89. The minimum Gasteiger partial charge on any atom is -0.255 e. The number of sulfonamides is 1. The van der Waals surface area contributed by atoms with Crippen LogP contribution in [0.25, 0.3) is 16.3 Å². The van der Waals surface area contributed by atoms with Gasteiger partial charge in [-0.1, -0.05) is 24.3 Å². The van der Waals surface area contributed by atoms with E-state index in [0.29, 0.717) is 10.8 Å². The van der Waals surface area contributed by atoms with Gasteiger partial charge < -0.3 is 0 Å². The normalized spacial score (nSPS) is 11.5. The predicted molar refractivity (Wildman–Crippen MR) is 99.8 cm³/mol. The Morgan fingerprint density at radius 2 is 1.84 bits per heavy atom. The summed E-state index contributed by atoms with van der Waals surface area (Å²) >= 11 is 2.67. The molecule has 25 heavy (non-hydrogen) atoms. The van der Waals surface area contributed by atoms with Crippen LogP contribution in [0.15, 0.2) is 70.5 Å². The third-order valence-electron chi connectivity index (χ3n) is 3.40. The van der Waals surface area contributed by atoms with Gasteiger partial charge in [0.2, 0.25) is 0 Å². The van der Waals surface area contributed by atoms with Crippen molar-refractivity contribution >= 4 is 37.8 Å². The van der Waals surface area contributed by atoms with Gasteiger partial charge >= 0.3 is 0 Å². The summed E-state index contributed by atoms with van der Waals surface area (Å²) in [6, 6.07) is 13.1. The molecule has 0 atom stereocenters. The van der Waals surface area contributed by atoms with Crippen molar-refractivity contribution in [1.82, 2.24) is 14.8 Å². The van der Waals surface area contributed by atoms with E-state index >= 15 is 0 Å². The first kappa shape index (κ1) is 16.0. The van der Waals surface area contributed by atoms with Crippen LogP contribution in [0.3, 0.4) is 0 Å². The Hall–Kier alpha value is -2.49. The van der Waals surface area contributed by atoms with Crippen LogP contribution in [-0.4, -0.2) is 23.2 Å². The highest BCUT2D eigenvalue weighted by atomic mass is 32.2. The smallest absolute Gasteiger partial charge is 0.255 e. The maximum atomic E-state index is 12.9. The molecular weight excluding hydrogens is 376 g/mol. The maximum absolute atomic E-state index is 12.9. The van der Waals surface area contributed by atoms with Crippen molar-refractivity contribution in [2.24, 2.45) is 0 Å². The molecule has 0 amide bonds. The molecule has 3 aromatic heterocycles. The fourth-order valence-electron chi connectivity index (χ4n) is 2.30. The molecule has 0 spiro atoms. The number of hydrogen-bond acceptors (Lipinski definition) is 6. The Labute approximate surface area is 152 Å². The molecule has 0 saturated carbocycles. The van der Waals surface area contributed by atoms with Gasteiger partial charge in [0.05, 0.1) is 16.8 Å². The van der Waals surface area contributed by atoms with Gasteiger partial charge in [-0.25, -0.2) is 18.1 Å². The number of benzene rings is 1. The molecular formula is C16H12N4O2S3. The second kappa shape index (κ2) is 6.43. The Kier molecular flexibility index (Phi) is 4.12. The van der Waals surface area contributed by atoms with Gasteiger partial charge in [0.25, 0.3) is 10.0 Å². The number of thiazole rings is 1. The largest absolute Gasteiger partial charge is 0.267 e. The maximum Gasteiger partial charge on any atom is 0.267 e. The Balaban J connectivity index is 1.84. The number of aromatic nitrogens is 3. The third-order valence-corrected chi connectivity index (χ3v) is 6.43. The Bertz CT molecular complexity index is 1070. The molecule has 0 fully saturated rings. The molecule has 1 aromatic carbocycles. The topological polar surface area (TPSA) is 76.9 Å². The van der Waals surface area contributed by atoms with E-state index in [0.717, 1.165) is 10.6 Å². The van der Waals surface area contributed by atoms with Crippen molar-refractivity contribution in [2.75, 3.05) is 4.72 Å². The zero-order chi connectivity index (χ0) is 17.3. The predicted octanol–water partition coefficient (Wildman–Crippen LogP) is 3.86. The van der Waals surface area contributed by atoms with Crippen LogP contribution in [-0.2, 0) is 10.0 Å². The summed E-state index contributed by atoms with van der Waals surface area (Å²) in [7, 11) is -3.81. The van der Waals surface area contributed by atoms with E-state index in [1.54, 1.807) is 16.3 Å². The van der Waals surface area contributed by atoms with Crippen molar-refractivity contribution in [2.45, 2.75) is 4.90 Å². The molecule has 0 radical (unpaired) electrons. The van der Waals surface area contributed by atoms with Crippen LogP contribution in [0, 0.1) is 0 Å².